The van der Waals surface area contributed by atoms with Crippen LogP contribution in [0.3, 0.4) is 0 Å². The van der Waals surface area contributed by atoms with Gasteiger partial charge in [-0.1, -0.05) is 81.3 Å². The van der Waals surface area contributed by atoms with Crippen LogP contribution in [0.15, 0.2) is 47.6 Å². The second-order valence-corrected chi connectivity index (χ2v) is 9.48. The molecule has 0 spiro atoms. The molecule has 2 heterocycles. The standard InChI is InChI=1S/C27H33ClN4O.C2H6/c1-4-20(3)27(33)32-16-14-31(15-17-32)24-18-29-25(21-12-10-19(2)11-13-21)26(30-24)22-8-6-5-7-9-23(22)28;1-2/h6,8,10-13,18,20H,4-5,7,9,14-17H2,1-3H3;1-2H3. The Morgan fingerprint density at radius 1 is 1.09 bits per heavy atom. The third-order valence-electron chi connectivity index (χ3n) is 6.63. The molecule has 1 atom stereocenters. The summed E-state index contributed by atoms with van der Waals surface area (Å²) in [5.41, 5.74) is 4.89. The predicted octanol–water partition coefficient (Wildman–Crippen LogP) is 6.86. The van der Waals surface area contributed by atoms with E-state index in [2.05, 4.69) is 55.2 Å². The van der Waals surface area contributed by atoms with Gasteiger partial charge in [-0.15, -0.1) is 0 Å². The molecule has 0 radical (unpaired) electrons. The minimum absolute atomic E-state index is 0.0767. The van der Waals surface area contributed by atoms with Crippen LogP contribution in [0.5, 0.6) is 0 Å². The Labute approximate surface area is 215 Å². The van der Waals surface area contributed by atoms with Crippen molar-refractivity contribution >= 4 is 28.9 Å². The topological polar surface area (TPSA) is 49.3 Å². The van der Waals surface area contributed by atoms with Crippen molar-refractivity contribution in [3.8, 4) is 11.3 Å². The number of piperazine rings is 1. The molecule has 0 N–H and O–H groups in total. The Hall–Kier alpha value is -2.66. The van der Waals surface area contributed by atoms with E-state index in [1.165, 1.54) is 5.56 Å². The maximum Gasteiger partial charge on any atom is 0.225 e. The van der Waals surface area contributed by atoms with Crippen LogP contribution in [-0.2, 0) is 4.79 Å². The fourth-order valence-electron chi connectivity index (χ4n) is 4.29. The number of carbonyl (C=O) groups is 1. The highest BCUT2D eigenvalue weighted by molar-refractivity contribution is 6.33. The highest BCUT2D eigenvalue weighted by Crippen LogP contribution is 2.34. The van der Waals surface area contributed by atoms with E-state index in [-0.39, 0.29) is 11.8 Å². The average molecular weight is 495 g/mol. The first-order valence-corrected chi connectivity index (χ1v) is 13.4. The molecular weight excluding hydrogens is 456 g/mol. The van der Waals surface area contributed by atoms with Crippen LogP contribution in [0, 0.1) is 12.8 Å². The van der Waals surface area contributed by atoms with Gasteiger partial charge in [-0.25, -0.2) is 4.98 Å². The van der Waals surface area contributed by atoms with Gasteiger partial charge in [0.2, 0.25) is 5.91 Å². The van der Waals surface area contributed by atoms with Crippen molar-refractivity contribution < 1.29 is 4.79 Å². The average Bonchev–Trinajstić information content (AvgIpc) is 3.13. The van der Waals surface area contributed by atoms with E-state index in [1.54, 1.807) is 0 Å². The molecule has 2 aliphatic rings. The van der Waals surface area contributed by atoms with Crippen molar-refractivity contribution in [1.29, 1.82) is 0 Å². The highest BCUT2D eigenvalue weighted by Gasteiger charge is 2.26. The number of hydrogen-bond donors (Lipinski definition) is 0. The number of hydrogen-bond acceptors (Lipinski definition) is 4. The van der Waals surface area contributed by atoms with Crippen LogP contribution >= 0.6 is 11.6 Å². The second-order valence-electron chi connectivity index (χ2n) is 9.03. The number of allylic oxidation sites excluding steroid dienone is 4. The van der Waals surface area contributed by atoms with E-state index in [0.717, 1.165) is 72.1 Å². The number of carbonyl (C=O) groups excluding carboxylic acids is 1. The summed E-state index contributed by atoms with van der Waals surface area (Å²) in [7, 11) is 0. The monoisotopic (exact) mass is 494 g/mol. The lowest BCUT2D eigenvalue weighted by Gasteiger charge is -2.36. The van der Waals surface area contributed by atoms with Gasteiger partial charge in [-0.05, 0) is 32.6 Å². The van der Waals surface area contributed by atoms with Crippen molar-refractivity contribution in [1.82, 2.24) is 14.9 Å². The predicted molar refractivity (Wildman–Crippen MR) is 148 cm³/mol. The molecule has 1 aliphatic heterocycles. The smallest absolute Gasteiger partial charge is 0.225 e. The molecule has 0 saturated carbocycles. The molecule has 2 aromatic rings. The number of nitrogens with zero attached hydrogens (tertiary/aromatic N) is 4. The molecule has 0 bridgehead atoms. The van der Waals surface area contributed by atoms with Crippen molar-refractivity contribution in [2.24, 2.45) is 5.92 Å². The Morgan fingerprint density at radius 2 is 1.77 bits per heavy atom. The molecular formula is C29H39ClN4O. The number of aromatic nitrogens is 2. The number of amides is 1. The maximum absolute atomic E-state index is 12.6. The Morgan fingerprint density at radius 3 is 2.43 bits per heavy atom. The Balaban J connectivity index is 0.00000167. The summed E-state index contributed by atoms with van der Waals surface area (Å²) in [4.78, 5) is 26.8. The summed E-state index contributed by atoms with van der Waals surface area (Å²) in [6, 6.07) is 8.38. The molecule has 1 aromatic carbocycles. The number of aryl methyl sites for hydroxylation is 1. The summed E-state index contributed by atoms with van der Waals surface area (Å²) >= 11 is 6.74. The van der Waals surface area contributed by atoms with Gasteiger partial charge in [0.25, 0.3) is 0 Å². The Kier molecular flexibility index (Phi) is 9.91. The zero-order valence-electron chi connectivity index (χ0n) is 21.9. The highest BCUT2D eigenvalue weighted by atomic mass is 35.5. The van der Waals surface area contributed by atoms with Gasteiger partial charge in [0.05, 0.1) is 11.9 Å². The molecule has 5 nitrogen and oxygen atoms in total. The lowest BCUT2D eigenvalue weighted by molar-refractivity contribution is -0.135. The Bertz CT molecular complexity index is 1050. The largest absolute Gasteiger partial charge is 0.352 e. The molecule has 1 aliphatic carbocycles. The number of benzene rings is 1. The van der Waals surface area contributed by atoms with Gasteiger partial charge in [-0.2, -0.15) is 0 Å². The van der Waals surface area contributed by atoms with Crippen molar-refractivity contribution in [3.05, 3.63) is 58.9 Å². The van der Waals surface area contributed by atoms with Crippen LogP contribution in [-0.4, -0.2) is 47.0 Å². The molecule has 4 rings (SSSR count). The van der Waals surface area contributed by atoms with Crippen LogP contribution in [0.25, 0.3) is 16.8 Å². The minimum atomic E-state index is 0.0767. The molecule has 1 amide bonds. The van der Waals surface area contributed by atoms with Gasteiger partial charge in [0, 0.05) is 48.3 Å². The van der Waals surface area contributed by atoms with Gasteiger partial charge in [0.15, 0.2) is 0 Å². The summed E-state index contributed by atoms with van der Waals surface area (Å²) in [6.45, 7) is 13.1. The summed E-state index contributed by atoms with van der Waals surface area (Å²) < 4.78 is 0. The van der Waals surface area contributed by atoms with E-state index < -0.39 is 0 Å². The number of rotatable bonds is 5. The summed E-state index contributed by atoms with van der Waals surface area (Å²) in [5, 5.41) is 0.840. The van der Waals surface area contributed by atoms with Gasteiger partial charge in [0.1, 0.15) is 11.5 Å². The molecule has 1 unspecified atom stereocenters. The molecule has 35 heavy (non-hydrogen) atoms. The van der Waals surface area contributed by atoms with E-state index in [4.69, 9.17) is 21.6 Å². The maximum atomic E-state index is 12.6. The van der Waals surface area contributed by atoms with Crippen molar-refractivity contribution in [2.45, 2.75) is 60.3 Å². The van der Waals surface area contributed by atoms with Gasteiger partial charge >= 0.3 is 0 Å². The molecule has 1 aromatic heterocycles. The first kappa shape index (κ1) is 26.9. The fourth-order valence-corrected chi connectivity index (χ4v) is 4.58. The summed E-state index contributed by atoms with van der Waals surface area (Å²) in [6.07, 6.45) is 9.91. The zero-order chi connectivity index (χ0) is 25.4. The fraction of sp³-hybridized carbons (Fsp3) is 0.483. The van der Waals surface area contributed by atoms with Gasteiger partial charge in [-0.3, -0.25) is 9.78 Å². The molecule has 6 heteroatoms. The molecule has 1 saturated heterocycles. The van der Waals surface area contributed by atoms with Crippen LogP contribution in [0.1, 0.15) is 64.6 Å². The lowest BCUT2D eigenvalue weighted by atomic mass is 10.0. The number of halogens is 1. The van der Waals surface area contributed by atoms with Crippen molar-refractivity contribution in [3.63, 3.8) is 0 Å². The van der Waals surface area contributed by atoms with E-state index in [9.17, 15) is 4.79 Å². The van der Waals surface area contributed by atoms with Gasteiger partial charge < -0.3 is 9.80 Å². The van der Waals surface area contributed by atoms with Crippen LogP contribution < -0.4 is 4.90 Å². The van der Waals surface area contributed by atoms with Crippen LogP contribution in [0.4, 0.5) is 5.82 Å². The van der Waals surface area contributed by atoms with E-state index in [0.29, 0.717) is 13.1 Å². The zero-order valence-corrected chi connectivity index (χ0v) is 22.6. The second kappa shape index (κ2) is 12.9. The SMILES string of the molecule is CC.CCC(C)C(=O)N1CCN(c2cnc(-c3ccc(C)cc3)c(C3=C(Cl)CCCC=C3)n2)CC1. The molecule has 188 valence electrons. The third kappa shape index (κ3) is 6.52. The van der Waals surface area contributed by atoms with E-state index >= 15 is 0 Å². The van der Waals surface area contributed by atoms with Crippen molar-refractivity contribution in [2.75, 3.05) is 31.1 Å². The van der Waals surface area contributed by atoms with E-state index in [1.807, 2.05) is 31.9 Å². The van der Waals surface area contributed by atoms with Crippen LogP contribution in [0.2, 0.25) is 0 Å². The first-order chi connectivity index (χ1) is 17.0. The summed E-state index contributed by atoms with van der Waals surface area (Å²) in [5.74, 6) is 1.16. The quantitative estimate of drug-likeness (QED) is 0.455. The first-order valence-electron chi connectivity index (χ1n) is 13.0. The lowest BCUT2D eigenvalue weighted by Crippen LogP contribution is -2.50. The minimum Gasteiger partial charge on any atom is -0.352 e. The normalized spacial score (nSPS) is 17.0. The number of anilines is 1. The third-order valence-corrected chi connectivity index (χ3v) is 7.03. The molecule has 1 fully saturated rings.